The third-order valence-electron chi connectivity index (χ3n) is 1.62. The van der Waals surface area contributed by atoms with Gasteiger partial charge < -0.3 is 9.40 Å². The van der Waals surface area contributed by atoms with Gasteiger partial charge >= 0.3 is 0 Å². The van der Waals surface area contributed by atoms with Gasteiger partial charge in [0.25, 0.3) is 0 Å². The number of furan rings is 1. The fourth-order valence-corrected chi connectivity index (χ4v) is 1.00. The standard InChI is InChI=1S/C10H9NO/c1-2-10(11-6-1)4-3-9-5-7-12-8-9/h1-8,11H. The van der Waals surface area contributed by atoms with Crippen LogP contribution < -0.4 is 0 Å². The summed E-state index contributed by atoms with van der Waals surface area (Å²) in [7, 11) is 0. The topological polar surface area (TPSA) is 28.9 Å². The number of nitrogens with one attached hydrogen (secondary N) is 1. The summed E-state index contributed by atoms with van der Waals surface area (Å²) in [6.45, 7) is 0. The van der Waals surface area contributed by atoms with Gasteiger partial charge in [-0.1, -0.05) is 0 Å². The molecule has 12 heavy (non-hydrogen) atoms. The van der Waals surface area contributed by atoms with E-state index >= 15 is 0 Å². The van der Waals surface area contributed by atoms with E-state index in [1.165, 1.54) is 0 Å². The molecule has 2 nitrogen and oxygen atoms in total. The Morgan fingerprint density at radius 3 is 2.92 bits per heavy atom. The zero-order chi connectivity index (χ0) is 8.23. The molecule has 0 spiro atoms. The lowest BCUT2D eigenvalue weighted by atomic mass is 10.3. The minimum atomic E-state index is 1.07. The Balaban J connectivity index is 2.14. The second-order valence-electron chi connectivity index (χ2n) is 2.52. The van der Waals surface area contributed by atoms with Crippen LogP contribution in [0, 0.1) is 0 Å². The highest BCUT2D eigenvalue weighted by atomic mass is 16.3. The molecule has 0 bridgehead atoms. The van der Waals surface area contributed by atoms with Gasteiger partial charge in [0, 0.05) is 17.5 Å². The number of rotatable bonds is 2. The van der Waals surface area contributed by atoms with E-state index < -0.39 is 0 Å². The maximum Gasteiger partial charge on any atom is 0.0974 e. The van der Waals surface area contributed by atoms with Crippen molar-refractivity contribution in [3.8, 4) is 0 Å². The Bertz CT molecular complexity index is 307. The molecule has 0 aliphatic carbocycles. The molecule has 0 amide bonds. The summed E-state index contributed by atoms with van der Waals surface area (Å²) in [4.78, 5) is 3.08. The Morgan fingerprint density at radius 1 is 1.25 bits per heavy atom. The monoisotopic (exact) mass is 159 g/mol. The van der Waals surface area contributed by atoms with Crippen molar-refractivity contribution in [2.24, 2.45) is 0 Å². The van der Waals surface area contributed by atoms with Crippen molar-refractivity contribution in [3.05, 3.63) is 48.2 Å². The Kier molecular flexibility index (Phi) is 1.82. The molecule has 2 heteroatoms. The number of aromatic nitrogens is 1. The molecule has 2 rings (SSSR count). The van der Waals surface area contributed by atoms with Crippen molar-refractivity contribution in [2.75, 3.05) is 0 Å². The van der Waals surface area contributed by atoms with E-state index in [4.69, 9.17) is 4.42 Å². The van der Waals surface area contributed by atoms with Crippen molar-refractivity contribution in [1.29, 1.82) is 0 Å². The minimum Gasteiger partial charge on any atom is -0.472 e. The largest absolute Gasteiger partial charge is 0.472 e. The van der Waals surface area contributed by atoms with Crippen LogP contribution in [0.2, 0.25) is 0 Å². The van der Waals surface area contributed by atoms with Crippen LogP contribution in [0.4, 0.5) is 0 Å². The van der Waals surface area contributed by atoms with E-state index in [2.05, 4.69) is 4.98 Å². The van der Waals surface area contributed by atoms with Crippen LogP contribution >= 0.6 is 0 Å². The van der Waals surface area contributed by atoms with Gasteiger partial charge in [0.05, 0.1) is 12.5 Å². The molecule has 0 saturated heterocycles. The quantitative estimate of drug-likeness (QED) is 0.717. The van der Waals surface area contributed by atoms with Gasteiger partial charge in [0.1, 0.15) is 0 Å². The van der Waals surface area contributed by atoms with Crippen LogP contribution in [0.3, 0.4) is 0 Å². The zero-order valence-corrected chi connectivity index (χ0v) is 6.53. The van der Waals surface area contributed by atoms with Crippen molar-refractivity contribution in [2.45, 2.75) is 0 Å². The van der Waals surface area contributed by atoms with Crippen LogP contribution in [-0.4, -0.2) is 4.98 Å². The van der Waals surface area contributed by atoms with Gasteiger partial charge in [-0.3, -0.25) is 0 Å². The Labute approximate surface area is 70.5 Å². The van der Waals surface area contributed by atoms with E-state index in [1.54, 1.807) is 12.5 Å². The van der Waals surface area contributed by atoms with E-state index in [0.29, 0.717) is 0 Å². The fraction of sp³-hybridized carbons (Fsp3) is 0. The Hall–Kier alpha value is -1.70. The van der Waals surface area contributed by atoms with Crippen LogP contribution in [0.1, 0.15) is 11.3 Å². The van der Waals surface area contributed by atoms with Crippen molar-refractivity contribution in [3.63, 3.8) is 0 Å². The summed E-state index contributed by atoms with van der Waals surface area (Å²) in [5.41, 5.74) is 2.17. The van der Waals surface area contributed by atoms with E-state index in [0.717, 1.165) is 11.3 Å². The summed E-state index contributed by atoms with van der Waals surface area (Å²) < 4.78 is 4.92. The lowest BCUT2D eigenvalue weighted by Gasteiger charge is -1.83. The highest BCUT2D eigenvalue weighted by Gasteiger charge is 1.87. The van der Waals surface area contributed by atoms with Gasteiger partial charge in [-0.25, -0.2) is 0 Å². The van der Waals surface area contributed by atoms with Gasteiger partial charge in [-0.2, -0.15) is 0 Å². The third-order valence-corrected chi connectivity index (χ3v) is 1.62. The SMILES string of the molecule is C(=Cc1ccc[nH]1)c1ccoc1. The molecule has 2 aromatic heterocycles. The molecule has 0 atom stereocenters. The first-order valence-electron chi connectivity index (χ1n) is 3.79. The molecule has 0 unspecified atom stereocenters. The molecular weight excluding hydrogens is 150 g/mol. The van der Waals surface area contributed by atoms with Gasteiger partial charge in [-0.05, 0) is 30.4 Å². The van der Waals surface area contributed by atoms with Crippen molar-refractivity contribution >= 4 is 12.2 Å². The molecule has 2 aromatic rings. The highest BCUT2D eigenvalue weighted by Crippen LogP contribution is 2.06. The maximum atomic E-state index is 4.92. The predicted octanol–water partition coefficient (Wildman–Crippen LogP) is 2.78. The van der Waals surface area contributed by atoms with E-state index in [1.807, 2.05) is 36.5 Å². The van der Waals surface area contributed by atoms with Gasteiger partial charge in [0.2, 0.25) is 0 Å². The lowest BCUT2D eigenvalue weighted by Crippen LogP contribution is -1.66. The van der Waals surface area contributed by atoms with Crippen LogP contribution in [-0.2, 0) is 0 Å². The summed E-state index contributed by atoms with van der Waals surface area (Å²) >= 11 is 0. The van der Waals surface area contributed by atoms with Crippen molar-refractivity contribution < 1.29 is 4.42 Å². The summed E-state index contributed by atoms with van der Waals surface area (Å²) in [6.07, 6.45) is 9.27. The molecule has 0 fully saturated rings. The maximum absolute atomic E-state index is 4.92. The normalized spacial score (nSPS) is 11.0. The molecule has 1 N–H and O–H groups in total. The van der Waals surface area contributed by atoms with Crippen LogP contribution in [0.25, 0.3) is 12.2 Å². The first-order chi connectivity index (χ1) is 5.95. The van der Waals surface area contributed by atoms with Gasteiger partial charge in [-0.15, -0.1) is 0 Å². The molecule has 0 aliphatic heterocycles. The molecule has 0 radical (unpaired) electrons. The smallest absolute Gasteiger partial charge is 0.0974 e. The molecule has 0 aromatic carbocycles. The number of H-pyrrole nitrogens is 1. The first-order valence-corrected chi connectivity index (χ1v) is 3.79. The summed E-state index contributed by atoms with van der Waals surface area (Å²) in [5.74, 6) is 0. The van der Waals surface area contributed by atoms with E-state index in [9.17, 15) is 0 Å². The Morgan fingerprint density at radius 2 is 2.25 bits per heavy atom. The molecule has 0 aliphatic rings. The average Bonchev–Trinajstić information content (AvgIpc) is 2.74. The van der Waals surface area contributed by atoms with Gasteiger partial charge in [0.15, 0.2) is 0 Å². The van der Waals surface area contributed by atoms with E-state index in [-0.39, 0.29) is 0 Å². The molecule has 60 valence electrons. The second-order valence-corrected chi connectivity index (χ2v) is 2.52. The minimum absolute atomic E-state index is 1.07. The molecule has 0 saturated carbocycles. The fourth-order valence-electron chi connectivity index (χ4n) is 1.00. The predicted molar refractivity (Wildman–Crippen MR) is 48.4 cm³/mol. The van der Waals surface area contributed by atoms with Crippen molar-refractivity contribution in [1.82, 2.24) is 4.98 Å². The third kappa shape index (κ3) is 1.48. The number of hydrogen-bond acceptors (Lipinski definition) is 1. The first kappa shape index (κ1) is 6.98. The lowest BCUT2D eigenvalue weighted by molar-refractivity contribution is 0.567. The zero-order valence-electron chi connectivity index (χ0n) is 6.53. The summed E-state index contributed by atoms with van der Waals surface area (Å²) in [5, 5.41) is 0. The molecule has 2 heterocycles. The average molecular weight is 159 g/mol. The highest BCUT2D eigenvalue weighted by molar-refractivity contribution is 5.67. The summed E-state index contributed by atoms with van der Waals surface area (Å²) in [6, 6.07) is 5.89. The number of hydrogen-bond donors (Lipinski definition) is 1. The second kappa shape index (κ2) is 3.13. The van der Waals surface area contributed by atoms with Crippen LogP contribution in [0.15, 0.2) is 41.3 Å². The van der Waals surface area contributed by atoms with Crippen LogP contribution in [0.5, 0.6) is 0 Å². The number of aromatic amines is 1. The molecular formula is C10H9NO.